The summed E-state index contributed by atoms with van der Waals surface area (Å²) in [7, 11) is 1.68. The van der Waals surface area contributed by atoms with Crippen LogP contribution in [0.1, 0.15) is 31.9 Å². The van der Waals surface area contributed by atoms with Crippen molar-refractivity contribution in [2.24, 2.45) is 0 Å². The van der Waals surface area contributed by atoms with Gasteiger partial charge in [0, 0.05) is 19.3 Å². The molecule has 0 bridgehead atoms. The highest BCUT2D eigenvalue weighted by atomic mass is 79.9. The molecule has 0 heterocycles. The molecule has 1 N–H and O–H groups in total. The van der Waals surface area contributed by atoms with E-state index in [1.54, 1.807) is 7.11 Å². The van der Waals surface area contributed by atoms with Crippen LogP contribution in [0.2, 0.25) is 0 Å². The molecule has 0 radical (unpaired) electrons. The molecule has 0 spiro atoms. The Morgan fingerprint density at radius 3 is 2.78 bits per heavy atom. The van der Waals surface area contributed by atoms with Gasteiger partial charge in [-0.1, -0.05) is 6.07 Å². The second-order valence-electron chi connectivity index (χ2n) is 4.12. The van der Waals surface area contributed by atoms with Gasteiger partial charge in [-0.2, -0.15) is 0 Å². The summed E-state index contributed by atoms with van der Waals surface area (Å²) in [6.07, 6.45) is 1.04. The molecule has 0 aliphatic carbocycles. The van der Waals surface area contributed by atoms with Gasteiger partial charge >= 0.3 is 0 Å². The Hall–Kier alpha value is -0.580. The maximum atomic E-state index is 5.31. The topological polar surface area (TPSA) is 30.5 Å². The molecule has 0 amide bonds. The molecular weight excluding hydrogens is 294 g/mol. The number of benzene rings is 1. The highest BCUT2D eigenvalue weighted by molar-refractivity contribution is 9.10. The fourth-order valence-corrected chi connectivity index (χ4v) is 2.27. The summed E-state index contributed by atoms with van der Waals surface area (Å²) in [4.78, 5) is 0. The second-order valence-corrected chi connectivity index (χ2v) is 4.97. The highest BCUT2D eigenvalue weighted by Crippen LogP contribution is 2.27. The van der Waals surface area contributed by atoms with E-state index in [0.717, 1.165) is 36.4 Å². The van der Waals surface area contributed by atoms with Crippen LogP contribution in [0, 0.1) is 0 Å². The third kappa shape index (κ3) is 4.96. The average molecular weight is 316 g/mol. The Kier molecular flexibility index (Phi) is 7.32. The van der Waals surface area contributed by atoms with E-state index in [2.05, 4.69) is 40.3 Å². The fraction of sp³-hybridized carbons (Fsp3) is 0.571. The Labute approximate surface area is 118 Å². The van der Waals surface area contributed by atoms with Crippen molar-refractivity contribution in [1.82, 2.24) is 5.32 Å². The van der Waals surface area contributed by atoms with E-state index in [1.165, 1.54) is 5.56 Å². The van der Waals surface area contributed by atoms with Gasteiger partial charge in [0.05, 0.1) is 11.6 Å². The van der Waals surface area contributed by atoms with Crippen molar-refractivity contribution in [2.45, 2.75) is 26.3 Å². The predicted molar refractivity (Wildman–Crippen MR) is 78.2 cm³/mol. The van der Waals surface area contributed by atoms with E-state index in [9.17, 15) is 0 Å². The lowest BCUT2D eigenvalue weighted by molar-refractivity contribution is 0.144. The molecule has 1 rings (SSSR count). The summed E-state index contributed by atoms with van der Waals surface area (Å²) < 4.78 is 11.5. The molecule has 1 aromatic carbocycles. The first-order chi connectivity index (χ1) is 8.69. The van der Waals surface area contributed by atoms with Gasteiger partial charge in [0.1, 0.15) is 5.75 Å². The summed E-state index contributed by atoms with van der Waals surface area (Å²) in [6.45, 7) is 6.76. The monoisotopic (exact) mass is 315 g/mol. The number of methoxy groups -OCH3 is 1. The molecule has 18 heavy (non-hydrogen) atoms. The number of ether oxygens (including phenoxy) is 2. The van der Waals surface area contributed by atoms with Crippen molar-refractivity contribution in [3.05, 3.63) is 28.2 Å². The van der Waals surface area contributed by atoms with Crippen LogP contribution in [0.4, 0.5) is 0 Å². The summed E-state index contributed by atoms with van der Waals surface area (Å²) in [5, 5.41) is 3.48. The first-order valence-corrected chi connectivity index (χ1v) is 7.13. The molecule has 1 atom stereocenters. The Bertz CT molecular complexity index is 358. The van der Waals surface area contributed by atoms with Gasteiger partial charge in [0.15, 0.2) is 0 Å². The quantitative estimate of drug-likeness (QED) is 0.744. The van der Waals surface area contributed by atoms with Crippen LogP contribution in [0.15, 0.2) is 22.7 Å². The summed E-state index contributed by atoms with van der Waals surface area (Å²) >= 11 is 3.51. The standard InChI is InChI=1S/C14H22BrNO2/c1-4-18-9-5-8-16-11(2)12-6-7-14(17-3)13(15)10-12/h6-7,10-11,16H,4-5,8-9H2,1-3H3. The zero-order valence-corrected chi connectivity index (χ0v) is 12.9. The van der Waals surface area contributed by atoms with E-state index in [1.807, 2.05) is 13.0 Å². The van der Waals surface area contributed by atoms with E-state index in [0.29, 0.717) is 6.04 Å². The zero-order chi connectivity index (χ0) is 13.4. The number of nitrogens with one attached hydrogen (secondary N) is 1. The van der Waals surface area contributed by atoms with Gasteiger partial charge in [0.2, 0.25) is 0 Å². The fourth-order valence-electron chi connectivity index (χ4n) is 1.71. The normalized spacial score (nSPS) is 12.4. The molecular formula is C14H22BrNO2. The minimum absolute atomic E-state index is 0.328. The lowest BCUT2D eigenvalue weighted by Gasteiger charge is -2.15. The van der Waals surface area contributed by atoms with Gasteiger partial charge in [-0.15, -0.1) is 0 Å². The number of hydrogen-bond donors (Lipinski definition) is 1. The maximum Gasteiger partial charge on any atom is 0.133 e. The number of hydrogen-bond acceptors (Lipinski definition) is 3. The van der Waals surface area contributed by atoms with E-state index < -0.39 is 0 Å². The van der Waals surface area contributed by atoms with E-state index in [4.69, 9.17) is 9.47 Å². The molecule has 0 aliphatic heterocycles. The van der Waals surface area contributed by atoms with E-state index >= 15 is 0 Å². The summed E-state index contributed by atoms with van der Waals surface area (Å²) in [5.41, 5.74) is 1.25. The van der Waals surface area contributed by atoms with Gasteiger partial charge < -0.3 is 14.8 Å². The van der Waals surface area contributed by atoms with Crippen LogP contribution >= 0.6 is 15.9 Å². The molecule has 0 aliphatic rings. The molecule has 0 fully saturated rings. The largest absolute Gasteiger partial charge is 0.496 e. The van der Waals surface area contributed by atoms with Crippen LogP contribution in [0.5, 0.6) is 5.75 Å². The van der Waals surface area contributed by atoms with Crippen molar-refractivity contribution in [1.29, 1.82) is 0 Å². The lowest BCUT2D eigenvalue weighted by atomic mass is 10.1. The van der Waals surface area contributed by atoms with Crippen LogP contribution < -0.4 is 10.1 Å². The van der Waals surface area contributed by atoms with Crippen molar-refractivity contribution < 1.29 is 9.47 Å². The van der Waals surface area contributed by atoms with Gasteiger partial charge in [-0.3, -0.25) is 0 Å². The van der Waals surface area contributed by atoms with Crippen molar-refractivity contribution in [3.63, 3.8) is 0 Å². The lowest BCUT2D eigenvalue weighted by Crippen LogP contribution is -2.21. The molecule has 3 nitrogen and oxygen atoms in total. The predicted octanol–water partition coefficient (Wildman–Crippen LogP) is 3.53. The average Bonchev–Trinajstić information content (AvgIpc) is 2.38. The van der Waals surface area contributed by atoms with Gasteiger partial charge in [-0.25, -0.2) is 0 Å². The SMILES string of the molecule is CCOCCCNC(C)c1ccc(OC)c(Br)c1. The van der Waals surface area contributed by atoms with Crippen LogP contribution in [0.3, 0.4) is 0 Å². The van der Waals surface area contributed by atoms with Gasteiger partial charge in [-0.05, 0) is 60.4 Å². The highest BCUT2D eigenvalue weighted by Gasteiger charge is 2.07. The molecule has 0 aromatic heterocycles. The van der Waals surface area contributed by atoms with Crippen molar-refractivity contribution in [2.75, 3.05) is 26.9 Å². The number of rotatable bonds is 8. The minimum Gasteiger partial charge on any atom is -0.496 e. The molecule has 0 saturated heterocycles. The molecule has 102 valence electrons. The number of halogens is 1. The smallest absolute Gasteiger partial charge is 0.133 e. The third-order valence-corrected chi connectivity index (χ3v) is 3.42. The molecule has 4 heteroatoms. The maximum absolute atomic E-state index is 5.31. The Morgan fingerprint density at radius 2 is 2.17 bits per heavy atom. The first-order valence-electron chi connectivity index (χ1n) is 6.33. The Balaban J connectivity index is 2.41. The molecule has 1 aromatic rings. The summed E-state index contributed by atoms with van der Waals surface area (Å²) in [5.74, 6) is 0.863. The van der Waals surface area contributed by atoms with Crippen molar-refractivity contribution >= 4 is 15.9 Å². The minimum atomic E-state index is 0.328. The Morgan fingerprint density at radius 1 is 1.39 bits per heavy atom. The van der Waals surface area contributed by atoms with Crippen LogP contribution in [-0.2, 0) is 4.74 Å². The molecule has 1 unspecified atom stereocenters. The van der Waals surface area contributed by atoms with Crippen molar-refractivity contribution in [3.8, 4) is 5.75 Å². The third-order valence-electron chi connectivity index (χ3n) is 2.80. The van der Waals surface area contributed by atoms with Gasteiger partial charge in [0.25, 0.3) is 0 Å². The van der Waals surface area contributed by atoms with E-state index in [-0.39, 0.29) is 0 Å². The second kappa shape index (κ2) is 8.51. The van der Waals surface area contributed by atoms with Crippen LogP contribution in [-0.4, -0.2) is 26.9 Å². The first kappa shape index (κ1) is 15.5. The summed E-state index contributed by atoms with van der Waals surface area (Å²) in [6, 6.07) is 6.49. The molecule has 0 saturated carbocycles. The zero-order valence-electron chi connectivity index (χ0n) is 11.3. The van der Waals surface area contributed by atoms with Crippen LogP contribution in [0.25, 0.3) is 0 Å².